The highest BCUT2D eigenvalue weighted by Crippen LogP contribution is 2.33. The molecule has 0 aliphatic carbocycles. The number of nitrogens with one attached hydrogen (secondary N) is 1. The Kier molecular flexibility index (Phi) is 7.19. The number of carbonyl (C=O) groups excluding carboxylic acids is 2. The summed E-state index contributed by atoms with van der Waals surface area (Å²) in [6.45, 7) is 10.6. The molecule has 2 amide bonds. The van der Waals surface area contributed by atoms with Crippen LogP contribution in [0.4, 0.5) is 5.69 Å². The van der Waals surface area contributed by atoms with Gasteiger partial charge in [-0.1, -0.05) is 37.6 Å². The molecule has 3 aliphatic rings. The number of thiophene rings is 1. The van der Waals surface area contributed by atoms with Crippen molar-refractivity contribution in [3.63, 3.8) is 0 Å². The Bertz CT molecular complexity index is 1070. The first-order valence-corrected chi connectivity index (χ1v) is 13.5. The van der Waals surface area contributed by atoms with E-state index in [1.807, 2.05) is 4.90 Å². The maximum Gasteiger partial charge on any atom is 0.261 e. The molecule has 7 nitrogen and oxygen atoms in total. The van der Waals surface area contributed by atoms with Gasteiger partial charge in [-0.05, 0) is 54.6 Å². The molecule has 3 aliphatic heterocycles. The third-order valence-electron chi connectivity index (χ3n) is 7.57. The Morgan fingerprint density at radius 3 is 2.57 bits per heavy atom. The topological polar surface area (TPSA) is 65.1 Å². The largest absolute Gasteiger partial charge is 0.379 e. The normalized spacial score (nSPS) is 23.6. The molecule has 2 atom stereocenters. The van der Waals surface area contributed by atoms with E-state index in [4.69, 9.17) is 16.3 Å². The number of halogens is 1. The summed E-state index contributed by atoms with van der Waals surface area (Å²) in [5, 5.41) is 3.06. The van der Waals surface area contributed by atoms with Gasteiger partial charge in [0.15, 0.2) is 0 Å². The minimum atomic E-state index is -0.320. The predicted octanol–water partition coefficient (Wildman–Crippen LogP) is 3.58. The van der Waals surface area contributed by atoms with Gasteiger partial charge in [0, 0.05) is 25.3 Å². The standard InChI is InChI=1S/C26H33ClN4O3S/c1-26(2,10-12-29-13-15-34-16-14-29)18-3-5-19(6-4-18)31-17-30-11-9-20(23(30)25(31)33)28-24(32)21-7-8-22(27)35-21/h3-8,20,23H,9-17H2,1-2H3,(H,28,32)/t20-,23+/m1/s1. The maximum atomic E-state index is 13.4. The summed E-state index contributed by atoms with van der Waals surface area (Å²) in [5.41, 5.74) is 2.24. The fourth-order valence-corrected chi connectivity index (χ4v) is 6.24. The highest BCUT2D eigenvalue weighted by molar-refractivity contribution is 7.18. The van der Waals surface area contributed by atoms with Crippen LogP contribution >= 0.6 is 22.9 Å². The summed E-state index contributed by atoms with van der Waals surface area (Å²) in [4.78, 5) is 33.1. The fraction of sp³-hybridized carbons (Fsp3) is 0.538. The van der Waals surface area contributed by atoms with Crippen molar-refractivity contribution in [2.45, 2.75) is 44.2 Å². The van der Waals surface area contributed by atoms with Crippen molar-refractivity contribution >= 4 is 40.4 Å². The van der Waals surface area contributed by atoms with Gasteiger partial charge in [0.2, 0.25) is 5.91 Å². The van der Waals surface area contributed by atoms with Crippen LogP contribution in [0.25, 0.3) is 0 Å². The van der Waals surface area contributed by atoms with Crippen LogP contribution in [0.2, 0.25) is 4.34 Å². The molecule has 188 valence electrons. The zero-order valence-electron chi connectivity index (χ0n) is 20.3. The molecule has 9 heteroatoms. The van der Waals surface area contributed by atoms with Crippen LogP contribution in [0.15, 0.2) is 36.4 Å². The van der Waals surface area contributed by atoms with E-state index in [0.29, 0.717) is 15.9 Å². The Morgan fingerprint density at radius 2 is 1.89 bits per heavy atom. The first-order valence-electron chi connectivity index (χ1n) is 12.3. The van der Waals surface area contributed by atoms with E-state index in [9.17, 15) is 9.59 Å². The lowest BCUT2D eigenvalue weighted by Gasteiger charge is -2.32. The molecule has 4 heterocycles. The van der Waals surface area contributed by atoms with Crippen LogP contribution in [-0.2, 0) is 14.9 Å². The maximum absolute atomic E-state index is 13.4. The number of benzene rings is 1. The van der Waals surface area contributed by atoms with E-state index in [-0.39, 0.29) is 29.3 Å². The lowest BCUT2D eigenvalue weighted by atomic mass is 9.81. The lowest BCUT2D eigenvalue weighted by Crippen LogP contribution is -2.46. The summed E-state index contributed by atoms with van der Waals surface area (Å²) < 4.78 is 6.04. The summed E-state index contributed by atoms with van der Waals surface area (Å²) in [6.07, 6.45) is 1.84. The zero-order chi connectivity index (χ0) is 24.6. The quantitative estimate of drug-likeness (QED) is 0.609. The van der Waals surface area contributed by atoms with Crippen molar-refractivity contribution in [2.75, 3.05) is 51.0 Å². The lowest BCUT2D eigenvalue weighted by molar-refractivity contribution is -0.119. The first-order chi connectivity index (χ1) is 16.8. The van der Waals surface area contributed by atoms with Crippen molar-refractivity contribution in [2.24, 2.45) is 0 Å². The molecule has 0 radical (unpaired) electrons. The van der Waals surface area contributed by atoms with Crippen LogP contribution in [0.1, 0.15) is 41.9 Å². The number of amides is 2. The number of ether oxygens (including phenoxy) is 1. The molecule has 3 saturated heterocycles. The third kappa shape index (κ3) is 5.27. The number of fused-ring (bicyclic) bond motifs is 1. The van der Waals surface area contributed by atoms with Crippen LogP contribution in [0.5, 0.6) is 0 Å². The van der Waals surface area contributed by atoms with E-state index in [0.717, 1.165) is 57.9 Å². The molecule has 35 heavy (non-hydrogen) atoms. The second-order valence-corrected chi connectivity index (χ2v) is 12.0. The molecule has 5 rings (SSSR count). The molecule has 1 N–H and O–H groups in total. The number of rotatable bonds is 7. The average Bonchev–Trinajstić information content (AvgIpc) is 3.56. The van der Waals surface area contributed by atoms with Gasteiger partial charge < -0.3 is 10.1 Å². The molecule has 1 aromatic heterocycles. The zero-order valence-corrected chi connectivity index (χ0v) is 21.9. The summed E-state index contributed by atoms with van der Waals surface area (Å²) >= 11 is 7.23. The molecule has 1 aromatic carbocycles. The molecule has 0 spiro atoms. The SMILES string of the molecule is CC(C)(CCN1CCOCC1)c1ccc(N2CN3CC[C@@H](NC(=O)c4ccc(Cl)s4)[C@H]3C2=O)cc1. The molecular weight excluding hydrogens is 484 g/mol. The Hall–Kier alpha value is -1.97. The first kappa shape index (κ1) is 24.7. The number of hydrogen-bond acceptors (Lipinski definition) is 6. The van der Waals surface area contributed by atoms with Crippen molar-refractivity contribution in [3.05, 3.63) is 51.2 Å². The van der Waals surface area contributed by atoms with E-state index >= 15 is 0 Å². The third-order valence-corrected chi connectivity index (χ3v) is 8.80. The van der Waals surface area contributed by atoms with Gasteiger partial charge in [0.1, 0.15) is 6.04 Å². The van der Waals surface area contributed by atoms with Gasteiger partial charge in [-0.25, -0.2) is 0 Å². The highest BCUT2D eigenvalue weighted by Gasteiger charge is 2.48. The minimum Gasteiger partial charge on any atom is -0.379 e. The summed E-state index contributed by atoms with van der Waals surface area (Å²) in [7, 11) is 0. The van der Waals surface area contributed by atoms with E-state index in [2.05, 4.69) is 53.2 Å². The average molecular weight is 517 g/mol. The fourth-order valence-electron chi connectivity index (χ4n) is 5.29. The minimum absolute atomic E-state index is 0.0475. The van der Waals surface area contributed by atoms with Crippen LogP contribution in [0.3, 0.4) is 0 Å². The number of nitrogens with zero attached hydrogens (tertiary/aromatic N) is 3. The van der Waals surface area contributed by atoms with Gasteiger partial charge in [0.25, 0.3) is 5.91 Å². The smallest absolute Gasteiger partial charge is 0.261 e. The number of hydrogen-bond donors (Lipinski definition) is 1. The van der Waals surface area contributed by atoms with Crippen molar-refractivity contribution in [3.8, 4) is 0 Å². The number of carbonyl (C=O) groups is 2. The van der Waals surface area contributed by atoms with Crippen molar-refractivity contribution < 1.29 is 14.3 Å². The molecule has 0 saturated carbocycles. The predicted molar refractivity (Wildman–Crippen MR) is 139 cm³/mol. The van der Waals surface area contributed by atoms with Gasteiger partial charge in [-0.3, -0.25) is 24.3 Å². The van der Waals surface area contributed by atoms with Gasteiger partial charge in [0.05, 0.1) is 35.1 Å². The molecule has 0 unspecified atom stereocenters. The number of morpholine rings is 1. The van der Waals surface area contributed by atoms with Crippen LogP contribution in [-0.4, -0.2) is 79.8 Å². The summed E-state index contributed by atoms with van der Waals surface area (Å²) in [6, 6.07) is 11.4. The van der Waals surface area contributed by atoms with Crippen molar-refractivity contribution in [1.29, 1.82) is 0 Å². The van der Waals surface area contributed by atoms with Gasteiger partial charge in [-0.2, -0.15) is 0 Å². The molecule has 2 aromatic rings. The molecule has 0 bridgehead atoms. The van der Waals surface area contributed by atoms with Crippen LogP contribution < -0.4 is 10.2 Å². The Balaban J connectivity index is 1.21. The van der Waals surface area contributed by atoms with E-state index < -0.39 is 0 Å². The monoisotopic (exact) mass is 516 g/mol. The number of anilines is 1. The van der Waals surface area contributed by atoms with Crippen molar-refractivity contribution in [1.82, 2.24) is 15.1 Å². The second-order valence-electron chi connectivity index (χ2n) is 10.3. The molecule has 3 fully saturated rings. The second kappa shape index (κ2) is 10.2. The van der Waals surface area contributed by atoms with Crippen LogP contribution in [0, 0.1) is 0 Å². The van der Waals surface area contributed by atoms with E-state index in [1.54, 1.807) is 12.1 Å². The van der Waals surface area contributed by atoms with Gasteiger partial charge in [-0.15, -0.1) is 11.3 Å². The Labute approximate surface area is 216 Å². The van der Waals surface area contributed by atoms with Gasteiger partial charge >= 0.3 is 0 Å². The summed E-state index contributed by atoms with van der Waals surface area (Å²) in [5.74, 6) is -0.111. The highest BCUT2D eigenvalue weighted by atomic mass is 35.5. The Morgan fingerprint density at radius 1 is 1.14 bits per heavy atom. The van der Waals surface area contributed by atoms with E-state index in [1.165, 1.54) is 16.9 Å². The molecular formula is C26H33ClN4O3S.